The molecule has 0 aliphatic heterocycles. The lowest BCUT2D eigenvalue weighted by atomic mass is 9.98. The van der Waals surface area contributed by atoms with Crippen LogP contribution in [-0.2, 0) is 22.6 Å². The fourth-order valence-electron chi connectivity index (χ4n) is 4.04. The number of carboxylic acid groups (broad SMARTS) is 1. The van der Waals surface area contributed by atoms with E-state index >= 15 is 0 Å². The Hall–Kier alpha value is -4.02. The number of hydrogen-bond acceptors (Lipinski definition) is 7. The molecule has 41 heavy (non-hydrogen) atoms. The highest BCUT2D eigenvalue weighted by atomic mass is 32.1. The molecule has 4 rings (SSSR count). The van der Waals surface area contributed by atoms with Gasteiger partial charge in [-0.05, 0) is 53.3 Å². The number of hydrogen-bond donors (Lipinski definition) is 5. The minimum Gasteiger partial charge on any atom is -0.481 e. The Morgan fingerprint density at radius 3 is 2.24 bits per heavy atom. The van der Waals surface area contributed by atoms with Crippen LogP contribution in [0.15, 0.2) is 78.9 Å². The minimum absolute atomic E-state index is 0.0242. The van der Waals surface area contributed by atoms with Crippen LogP contribution < -0.4 is 10.6 Å². The van der Waals surface area contributed by atoms with Gasteiger partial charge in [0.05, 0.1) is 5.25 Å². The molecule has 1 amide bonds. The lowest BCUT2D eigenvalue weighted by Crippen LogP contribution is -2.34. The summed E-state index contributed by atoms with van der Waals surface area (Å²) in [5.41, 5.74) is 5.42. The summed E-state index contributed by atoms with van der Waals surface area (Å²) in [5.74, 6) is -0.136. The van der Waals surface area contributed by atoms with Crippen LogP contribution in [0.25, 0.3) is 22.5 Å². The largest absolute Gasteiger partial charge is 0.481 e. The highest BCUT2D eigenvalue weighted by Gasteiger charge is 2.14. The Balaban J connectivity index is 0.000000587. The van der Waals surface area contributed by atoms with Crippen molar-refractivity contribution in [2.45, 2.75) is 50.8 Å². The van der Waals surface area contributed by atoms with Gasteiger partial charge in [-0.1, -0.05) is 92.2 Å². The molecule has 0 radical (unpaired) electrons. The predicted octanol–water partition coefficient (Wildman–Crippen LogP) is 4.93. The molecule has 0 saturated heterocycles. The maximum Gasteiger partial charge on any atom is 0.303 e. The normalized spacial score (nSPS) is 11.3. The van der Waals surface area contributed by atoms with Crippen LogP contribution in [0.2, 0.25) is 0 Å². The summed E-state index contributed by atoms with van der Waals surface area (Å²) >= 11 is 4.45. The molecule has 3 aromatic carbocycles. The Bertz CT molecular complexity index is 1320. The molecule has 0 saturated carbocycles. The number of nitrogens with one attached hydrogen (secondary N) is 3. The number of aromatic amines is 1. The number of aromatic nitrogens is 4. The van der Waals surface area contributed by atoms with E-state index in [1.807, 2.05) is 55.5 Å². The summed E-state index contributed by atoms with van der Waals surface area (Å²) in [7, 11) is 0. The molecule has 1 heterocycles. The molecule has 216 valence electrons. The van der Waals surface area contributed by atoms with E-state index in [1.165, 1.54) is 5.56 Å². The molecule has 0 bridgehead atoms. The second-order valence-corrected chi connectivity index (χ2v) is 10.1. The molecule has 1 atom stereocenters. The van der Waals surface area contributed by atoms with Crippen molar-refractivity contribution < 1.29 is 14.7 Å². The molecule has 0 aliphatic rings. The number of H-pyrrole nitrogens is 1. The van der Waals surface area contributed by atoms with E-state index < -0.39 is 5.97 Å². The van der Waals surface area contributed by atoms with E-state index in [0.29, 0.717) is 25.2 Å². The van der Waals surface area contributed by atoms with Crippen molar-refractivity contribution in [1.29, 1.82) is 0 Å². The summed E-state index contributed by atoms with van der Waals surface area (Å²) in [6.07, 6.45) is 3.56. The van der Waals surface area contributed by atoms with Gasteiger partial charge in [0.15, 0.2) is 0 Å². The second kappa shape index (κ2) is 17.6. The minimum atomic E-state index is -0.693. The Morgan fingerprint density at radius 1 is 0.902 bits per heavy atom. The number of aliphatic carboxylic acids is 1. The van der Waals surface area contributed by atoms with Gasteiger partial charge in [-0.3, -0.25) is 9.59 Å². The SMILES string of the molecule is CCCCC(=O)O.O=C(NCCCNCc1ccc(-c2ccccc2-c2nn[nH]n2)cc1)[C@@H](S)Cc1ccccc1. The number of amides is 1. The molecule has 0 aliphatic carbocycles. The van der Waals surface area contributed by atoms with Crippen LogP contribution >= 0.6 is 12.6 Å². The molecular formula is C31H38N6O3S. The molecular weight excluding hydrogens is 536 g/mol. The van der Waals surface area contributed by atoms with Crippen LogP contribution in [0.3, 0.4) is 0 Å². The average molecular weight is 575 g/mol. The number of nitrogens with zero attached hydrogens (tertiary/aromatic N) is 3. The van der Waals surface area contributed by atoms with Crippen molar-refractivity contribution >= 4 is 24.5 Å². The Morgan fingerprint density at radius 2 is 1.61 bits per heavy atom. The zero-order valence-corrected chi connectivity index (χ0v) is 24.2. The Labute approximate surface area is 246 Å². The lowest BCUT2D eigenvalue weighted by molar-refractivity contribution is -0.137. The van der Waals surface area contributed by atoms with Gasteiger partial charge in [0.1, 0.15) is 0 Å². The molecule has 0 spiro atoms. The van der Waals surface area contributed by atoms with E-state index in [-0.39, 0.29) is 11.2 Å². The number of benzene rings is 3. The number of tetrazole rings is 1. The zero-order valence-electron chi connectivity index (χ0n) is 23.3. The second-order valence-electron chi connectivity index (χ2n) is 9.50. The van der Waals surface area contributed by atoms with Crippen LogP contribution in [0, 0.1) is 0 Å². The first kappa shape index (κ1) is 31.5. The third-order valence-electron chi connectivity index (χ3n) is 6.26. The first-order valence-corrected chi connectivity index (χ1v) is 14.3. The van der Waals surface area contributed by atoms with Crippen LogP contribution in [0.5, 0.6) is 0 Å². The van der Waals surface area contributed by atoms with Crippen molar-refractivity contribution in [3.63, 3.8) is 0 Å². The number of carboxylic acids is 1. The van der Waals surface area contributed by atoms with Crippen molar-refractivity contribution in [2.75, 3.05) is 13.1 Å². The van der Waals surface area contributed by atoms with Gasteiger partial charge >= 0.3 is 5.97 Å². The van der Waals surface area contributed by atoms with Crippen LogP contribution in [0.1, 0.15) is 43.7 Å². The Kier molecular flexibility index (Phi) is 13.5. The molecule has 0 fully saturated rings. The van der Waals surface area contributed by atoms with Gasteiger partial charge in [0, 0.05) is 25.1 Å². The molecule has 4 N–H and O–H groups in total. The maximum absolute atomic E-state index is 12.2. The fourth-order valence-corrected chi connectivity index (χ4v) is 4.34. The number of rotatable bonds is 14. The van der Waals surface area contributed by atoms with Crippen molar-refractivity contribution in [3.05, 3.63) is 90.0 Å². The first-order chi connectivity index (χ1) is 20.0. The van der Waals surface area contributed by atoms with Gasteiger partial charge in [-0.25, -0.2) is 0 Å². The zero-order chi connectivity index (χ0) is 29.3. The summed E-state index contributed by atoms with van der Waals surface area (Å²) in [4.78, 5) is 22.0. The number of unbranched alkanes of at least 4 members (excludes halogenated alkanes) is 1. The van der Waals surface area contributed by atoms with Gasteiger partial charge < -0.3 is 15.7 Å². The van der Waals surface area contributed by atoms with Crippen molar-refractivity contribution in [2.24, 2.45) is 0 Å². The topological polar surface area (TPSA) is 133 Å². The fraction of sp³-hybridized carbons (Fsp3) is 0.323. The molecule has 0 unspecified atom stereocenters. The maximum atomic E-state index is 12.2. The monoisotopic (exact) mass is 574 g/mol. The van der Waals surface area contributed by atoms with Crippen LogP contribution in [0.4, 0.5) is 0 Å². The van der Waals surface area contributed by atoms with Crippen molar-refractivity contribution in [1.82, 2.24) is 31.3 Å². The molecule has 10 heteroatoms. The number of carbonyl (C=O) groups is 2. The quantitative estimate of drug-likeness (QED) is 0.107. The third-order valence-corrected chi connectivity index (χ3v) is 6.67. The predicted molar refractivity (Wildman–Crippen MR) is 164 cm³/mol. The standard InChI is InChI=1S/C26H28N6OS.C5H10O2/c33-26(24(34)17-19-7-2-1-3-8-19)28-16-6-15-27-18-20-11-13-21(14-12-20)22-9-4-5-10-23(22)25-29-31-32-30-25;1-2-3-4-5(6)7/h1-5,7-14,24,27,34H,6,15-18H2,(H,28,33)(H,29,30,31,32);2-4H2,1H3,(H,6,7)/t24-;/m0./s1. The average Bonchev–Trinajstić information content (AvgIpc) is 3.54. The first-order valence-electron chi connectivity index (χ1n) is 13.8. The van der Waals surface area contributed by atoms with Gasteiger partial charge in [-0.15, -0.1) is 10.2 Å². The van der Waals surface area contributed by atoms with Crippen LogP contribution in [-0.4, -0.2) is 55.9 Å². The summed E-state index contributed by atoms with van der Waals surface area (Å²) in [5, 5.41) is 28.5. The van der Waals surface area contributed by atoms with E-state index in [0.717, 1.165) is 54.6 Å². The smallest absolute Gasteiger partial charge is 0.303 e. The highest BCUT2D eigenvalue weighted by Crippen LogP contribution is 2.29. The number of thiol groups is 1. The molecule has 1 aromatic heterocycles. The summed E-state index contributed by atoms with van der Waals surface area (Å²) < 4.78 is 0. The summed E-state index contributed by atoms with van der Waals surface area (Å²) in [6.45, 7) is 4.19. The van der Waals surface area contributed by atoms with E-state index in [9.17, 15) is 9.59 Å². The van der Waals surface area contributed by atoms with Gasteiger partial charge in [0.2, 0.25) is 11.7 Å². The number of carbonyl (C=O) groups excluding carboxylic acids is 1. The van der Waals surface area contributed by atoms with E-state index in [2.05, 4.69) is 74.2 Å². The highest BCUT2D eigenvalue weighted by molar-refractivity contribution is 7.81. The lowest BCUT2D eigenvalue weighted by Gasteiger charge is -2.12. The van der Waals surface area contributed by atoms with Gasteiger partial charge in [0.25, 0.3) is 0 Å². The third kappa shape index (κ3) is 11.2. The van der Waals surface area contributed by atoms with Gasteiger partial charge in [-0.2, -0.15) is 17.8 Å². The molecule has 4 aromatic rings. The van der Waals surface area contributed by atoms with Crippen molar-refractivity contribution in [3.8, 4) is 22.5 Å². The summed E-state index contributed by atoms with van der Waals surface area (Å²) in [6, 6.07) is 26.4. The molecule has 9 nitrogen and oxygen atoms in total. The van der Waals surface area contributed by atoms with E-state index in [1.54, 1.807) is 0 Å². The van der Waals surface area contributed by atoms with E-state index in [4.69, 9.17) is 5.11 Å².